The van der Waals surface area contributed by atoms with E-state index in [0.29, 0.717) is 6.54 Å². The second kappa shape index (κ2) is 7.17. The van der Waals surface area contributed by atoms with Crippen LogP contribution < -0.4 is 5.32 Å². The van der Waals surface area contributed by atoms with Gasteiger partial charge in [0.15, 0.2) is 0 Å². The van der Waals surface area contributed by atoms with Gasteiger partial charge in [-0.05, 0) is 24.1 Å². The third-order valence-electron chi connectivity index (χ3n) is 2.11. The molecule has 1 aromatic carbocycles. The summed E-state index contributed by atoms with van der Waals surface area (Å²) < 4.78 is 24.3. The molecule has 0 aliphatic heterocycles. The van der Waals surface area contributed by atoms with Gasteiger partial charge in [0.05, 0.1) is 0 Å². The van der Waals surface area contributed by atoms with E-state index >= 15 is 0 Å². The van der Waals surface area contributed by atoms with E-state index in [1.807, 2.05) is 6.92 Å². The van der Waals surface area contributed by atoms with Crippen LogP contribution in [0.3, 0.4) is 0 Å². The molecule has 0 fully saturated rings. The van der Waals surface area contributed by atoms with Crippen LogP contribution in [0.25, 0.3) is 0 Å². The predicted octanol–water partition coefficient (Wildman–Crippen LogP) is 1.60. The second-order valence-corrected chi connectivity index (χ2v) is 5.16. The smallest absolute Gasteiger partial charge is 0.232 e. The zero-order chi connectivity index (χ0) is 12.7. The van der Waals surface area contributed by atoms with Crippen LogP contribution in [-0.2, 0) is 21.3 Å². The Morgan fingerprint density at radius 1 is 1.35 bits per heavy atom. The van der Waals surface area contributed by atoms with Gasteiger partial charge in [0.2, 0.25) is 5.91 Å². The first kappa shape index (κ1) is 13.8. The summed E-state index contributed by atoms with van der Waals surface area (Å²) in [4.78, 5) is 11.3. The van der Waals surface area contributed by atoms with Gasteiger partial charge in [-0.15, -0.1) is 0 Å². The van der Waals surface area contributed by atoms with Crippen LogP contribution in [0.2, 0.25) is 0 Å². The number of halogens is 1. The second-order valence-electron chi connectivity index (χ2n) is 3.70. The number of amides is 1. The molecule has 3 nitrogen and oxygen atoms in total. The molecule has 0 saturated heterocycles. The van der Waals surface area contributed by atoms with Gasteiger partial charge in [-0.2, -0.15) is 0 Å². The fraction of sp³-hybridized carbons (Fsp3) is 0.417. The fourth-order valence-electron chi connectivity index (χ4n) is 1.28. The van der Waals surface area contributed by atoms with E-state index in [1.54, 1.807) is 12.1 Å². The normalized spacial score (nSPS) is 12.1. The van der Waals surface area contributed by atoms with Crippen LogP contribution in [0, 0.1) is 5.82 Å². The molecule has 94 valence electrons. The van der Waals surface area contributed by atoms with Crippen molar-refractivity contribution >= 4 is 16.7 Å². The maximum Gasteiger partial charge on any atom is 0.232 e. The number of benzene rings is 1. The van der Waals surface area contributed by atoms with Crippen molar-refractivity contribution in [1.82, 2.24) is 5.32 Å². The highest BCUT2D eigenvalue weighted by Crippen LogP contribution is 2.05. The Labute approximate surface area is 103 Å². The monoisotopic (exact) mass is 257 g/mol. The number of hydrogen-bond acceptors (Lipinski definition) is 2. The van der Waals surface area contributed by atoms with Crippen molar-refractivity contribution in [2.75, 3.05) is 12.3 Å². The highest BCUT2D eigenvalue weighted by Gasteiger charge is 2.08. The van der Waals surface area contributed by atoms with Crippen LogP contribution >= 0.6 is 0 Å². The Kier molecular flexibility index (Phi) is 5.83. The first-order valence-electron chi connectivity index (χ1n) is 5.48. The summed E-state index contributed by atoms with van der Waals surface area (Å²) in [5.41, 5.74) is 0.771. The van der Waals surface area contributed by atoms with Crippen molar-refractivity contribution in [3.8, 4) is 0 Å². The van der Waals surface area contributed by atoms with Crippen LogP contribution in [0.4, 0.5) is 4.39 Å². The molecule has 0 spiro atoms. The minimum atomic E-state index is -1.25. The summed E-state index contributed by atoms with van der Waals surface area (Å²) in [6.07, 6.45) is 0.857. The molecule has 0 aliphatic rings. The van der Waals surface area contributed by atoms with Gasteiger partial charge in [0.25, 0.3) is 0 Å². The van der Waals surface area contributed by atoms with Gasteiger partial charge in [-0.3, -0.25) is 9.00 Å². The van der Waals surface area contributed by atoms with E-state index in [2.05, 4.69) is 5.32 Å². The first-order chi connectivity index (χ1) is 8.11. The van der Waals surface area contributed by atoms with Crippen molar-refractivity contribution in [2.45, 2.75) is 19.1 Å². The lowest BCUT2D eigenvalue weighted by molar-refractivity contribution is -0.118. The number of carbonyl (C=O) groups excluding carboxylic acids is 1. The highest BCUT2D eigenvalue weighted by molar-refractivity contribution is 7.84. The summed E-state index contributed by atoms with van der Waals surface area (Å²) in [6.45, 7) is 2.56. The lowest BCUT2D eigenvalue weighted by Gasteiger charge is -2.04. The Balaban J connectivity index is 2.39. The van der Waals surface area contributed by atoms with Crippen molar-refractivity contribution < 1.29 is 13.4 Å². The van der Waals surface area contributed by atoms with Gasteiger partial charge in [-0.25, -0.2) is 4.39 Å². The SMILES string of the molecule is CCCNC(=O)C[S@](=O)Cc1ccc(F)cc1. The average molecular weight is 257 g/mol. The minimum absolute atomic E-state index is 0.00260. The van der Waals surface area contributed by atoms with Gasteiger partial charge in [-0.1, -0.05) is 19.1 Å². The molecule has 1 aromatic rings. The topological polar surface area (TPSA) is 46.2 Å². The van der Waals surface area contributed by atoms with E-state index in [4.69, 9.17) is 0 Å². The van der Waals surface area contributed by atoms with Crippen LogP contribution in [0.15, 0.2) is 24.3 Å². The molecule has 0 aromatic heterocycles. The number of nitrogens with one attached hydrogen (secondary N) is 1. The van der Waals surface area contributed by atoms with Crippen LogP contribution in [-0.4, -0.2) is 22.4 Å². The lowest BCUT2D eigenvalue weighted by Crippen LogP contribution is -2.29. The van der Waals surface area contributed by atoms with Crippen molar-refractivity contribution in [3.05, 3.63) is 35.6 Å². The molecule has 1 amide bonds. The van der Waals surface area contributed by atoms with Crippen LogP contribution in [0.5, 0.6) is 0 Å². The van der Waals surface area contributed by atoms with E-state index in [9.17, 15) is 13.4 Å². The van der Waals surface area contributed by atoms with Gasteiger partial charge >= 0.3 is 0 Å². The molecule has 0 aliphatic carbocycles. The molecule has 5 heteroatoms. The third-order valence-corrected chi connectivity index (χ3v) is 3.34. The molecule has 0 saturated carbocycles. The summed E-state index contributed by atoms with van der Waals surface area (Å²) in [5, 5.41) is 2.67. The quantitative estimate of drug-likeness (QED) is 0.841. The molecule has 0 bridgehead atoms. The fourth-order valence-corrected chi connectivity index (χ4v) is 2.34. The van der Waals surface area contributed by atoms with Gasteiger partial charge in [0.1, 0.15) is 11.6 Å². The molecule has 0 radical (unpaired) electrons. The summed E-state index contributed by atoms with van der Waals surface area (Å²) >= 11 is 0. The average Bonchev–Trinajstić information content (AvgIpc) is 2.29. The molecule has 1 rings (SSSR count). The van der Waals surface area contributed by atoms with E-state index in [-0.39, 0.29) is 23.2 Å². The van der Waals surface area contributed by atoms with Gasteiger partial charge < -0.3 is 5.32 Å². The van der Waals surface area contributed by atoms with E-state index < -0.39 is 10.8 Å². The van der Waals surface area contributed by atoms with Crippen molar-refractivity contribution in [3.63, 3.8) is 0 Å². The Morgan fingerprint density at radius 2 is 2.00 bits per heavy atom. The standard InChI is InChI=1S/C12H16FNO2S/c1-2-7-14-12(15)9-17(16)8-10-3-5-11(13)6-4-10/h3-6H,2,7-9H2,1H3,(H,14,15)/t17-/m1/s1. The Bertz CT molecular complexity index is 392. The summed E-state index contributed by atoms with van der Waals surface area (Å²) in [5.74, 6) is -0.246. The zero-order valence-corrected chi connectivity index (χ0v) is 10.6. The van der Waals surface area contributed by atoms with Crippen molar-refractivity contribution in [2.24, 2.45) is 0 Å². The van der Waals surface area contributed by atoms with Gasteiger partial charge in [0, 0.05) is 23.1 Å². The largest absolute Gasteiger partial charge is 0.355 e. The van der Waals surface area contributed by atoms with Crippen LogP contribution in [0.1, 0.15) is 18.9 Å². The first-order valence-corrected chi connectivity index (χ1v) is 6.96. The molecule has 0 heterocycles. The maximum absolute atomic E-state index is 12.6. The molecular formula is C12H16FNO2S. The van der Waals surface area contributed by atoms with E-state index in [0.717, 1.165) is 12.0 Å². The summed E-state index contributed by atoms with van der Waals surface area (Å²) in [7, 11) is -1.25. The Morgan fingerprint density at radius 3 is 2.59 bits per heavy atom. The minimum Gasteiger partial charge on any atom is -0.355 e. The molecular weight excluding hydrogens is 241 g/mol. The third kappa shape index (κ3) is 5.58. The molecule has 17 heavy (non-hydrogen) atoms. The van der Waals surface area contributed by atoms with E-state index in [1.165, 1.54) is 12.1 Å². The molecule has 1 atom stereocenters. The maximum atomic E-state index is 12.6. The predicted molar refractivity (Wildman–Crippen MR) is 66.4 cm³/mol. The highest BCUT2D eigenvalue weighted by atomic mass is 32.2. The molecule has 0 unspecified atom stereocenters. The summed E-state index contributed by atoms with van der Waals surface area (Å²) in [6, 6.07) is 5.81. The zero-order valence-electron chi connectivity index (χ0n) is 9.74. The Hall–Kier alpha value is -1.23. The number of carbonyl (C=O) groups is 1. The lowest BCUT2D eigenvalue weighted by atomic mass is 10.2. The van der Waals surface area contributed by atoms with Crippen molar-refractivity contribution in [1.29, 1.82) is 0 Å². The number of hydrogen-bond donors (Lipinski definition) is 1. The molecule has 1 N–H and O–H groups in total. The number of rotatable bonds is 6.